The van der Waals surface area contributed by atoms with E-state index < -0.39 is 5.97 Å². The second kappa shape index (κ2) is 5.40. The van der Waals surface area contributed by atoms with Crippen LogP contribution in [-0.2, 0) is 4.74 Å². The third-order valence-corrected chi connectivity index (χ3v) is 3.48. The van der Waals surface area contributed by atoms with Crippen LogP contribution in [0.5, 0.6) is 0 Å². The van der Waals surface area contributed by atoms with Gasteiger partial charge in [0, 0.05) is 11.8 Å². The van der Waals surface area contributed by atoms with Gasteiger partial charge in [-0.3, -0.25) is 14.2 Å². The molecule has 0 fully saturated rings. The van der Waals surface area contributed by atoms with Crippen molar-refractivity contribution in [1.82, 2.24) is 14.4 Å². The Kier molecular flexibility index (Phi) is 3.42. The van der Waals surface area contributed by atoms with Crippen LogP contribution in [0.4, 0.5) is 0 Å². The van der Waals surface area contributed by atoms with Gasteiger partial charge in [0.05, 0.1) is 30.8 Å². The van der Waals surface area contributed by atoms with Crippen molar-refractivity contribution >= 4 is 17.9 Å². The lowest BCUT2D eigenvalue weighted by molar-refractivity contribution is 0.0600. The van der Waals surface area contributed by atoms with Crippen molar-refractivity contribution in [3.63, 3.8) is 0 Å². The largest absolute Gasteiger partial charge is 0.465 e. The molecule has 1 aromatic carbocycles. The number of esters is 1. The highest BCUT2D eigenvalue weighted by molar-refractivity contribution is 5.91. The van der Waals surface area contributed by atoms with Gasteiger partial charge in [0.1, 0.15) is 5.69 Å². The maximum atomic E-state index is 11.7. The van der Waals surface area contributed by atoms with Gasteiger partial charge in [-0.2, -0.15) is 0 Å². The number of hydrogen-bond donors (Lipinski definition) is 0. The highest BCUT2D eigenvalue weighted by Crippen LogP contribution is 2.23. The van der Waals surface area contributed by atoms with Gasteiger partial charge < -0.3 is 4.74 Å². The van der Waals surface area contributed by atoms with E-state index in [0.29, 0.717) is 22.6 Å². The van der Waals surface area contributed by atoms with E-state index in [-0.39, 0.29) is 0 Å². The second-order valence-corrected chi connectivity index (χ2v) is 4.82. The van der Waals surface area contributed by atoms with Crippen LogP contribution in [0.15, 0.2) is 36.8 Å². The van der Waals surface area contributed by atoms with Gasteiger partial charge in [0.2, 0.25) is 0 Å². The molecule has 0 aliphatic rings. The van der Waals surface area contributed by atoms with Crippen molar-refractivity contribution < 1.29 is 14.3 Å². The van der Waals surface area contributed by atoms with E-state index in [0.717, 1.165) is 17.4 Å². The fraction of sp³-hybridized carbons (Fsp3) is 0.125. The molecule has 0 radical (unpaired) electrons. The Morgan fingerprint density at radius 2 is 2.09 bits per heavy atom. The number of aryl methyl sites for hydroxylation is 1. The third kappa shape index (κ3) is 2.24. The van der Waals surface area contributed by atoms with Gasteiger partial charge in [0.15, 0.2) is 11.9 Å². The Bertz CT molecular complexity index is 883. The Morgan fingerprint density at radius 3 is 2.82 bits per heavy atom. The molecular weight excluding hydrogens is 282 g/mol. The Morgan fingerprint density at radius 1 is 1.27 bits per heavy atom. The molecule has 6 heteroatoms. The van der Waals surface area contributed by atoms with E-state index in [4.69, 9.17) is 4.74 Å². The average molecular weight is 295 g/mol. The quantitative estimate of drug-likeness (QED) is 0.547. The van der Waals surface area contributed by atoms with E-state index in [1.54, 1.807) is 28.9 Å². The lowest BCUT2D eigenvalue weighted by Gasteiger charge is -2.08. The molecule has 110 valence electrons. The molecule has 0 spiro atoms. The van der Waals surface area contributed by atoms with Crippen molar-refractivity contribution in [1.29, 1.82) is 0 Å². The fourth-order valence-corrected chi connectivity index (χ4v) is 2.28. The summed E-state index contributed by atoms with van der Waals surface area (Å²) in [6, 6.07) is 5.27. The molecule has 0 N–H and O–H groups in total. The minimum Gasteiger partial charge on any atom is -0.465 e. The number of methoxy groups -OCH3 is 1. The average Bonchev–Trinajstić information content (AvgIpc) is 2.96. The lowest BCUT2D eigenvalue weighted by atomic mass is 10.0. The van der Waals surface area contributed by atoms with Crippen molar-refractivity contribution in [2.24, 2.45) is 0 Å². The summed E-state index contributed by atoms with van der Waals surface area (Å²) >= 11 is 0. The summed E-state index contributed by atoms with van der Waals surface area (Å²) in [6.07, 6.45) is 5.55. The zero-order chi connectivity index (χ0) is 15.7. The van der Waals surface area contributed by atoms with Gasteiger partial charge in [-0.1, -0.05) is 6.07 Å². The van der Waals surface area contributed by atoms with Crippen LogP contribution in [0.1, 0.15) is 26.4 Å². The van der Waals surface area contributed by atoms with Crippen LogP contribution in [0.2, 0.25) is 0 Å². The van der Waals surface area contributed by atoms with Crippen molar-refractivity contribution in [2.45, 2.75) is 6.92 Å². The van der Waals surface area contributed by atoms with Crippen molar-refractivity contribution in [3.05, 3.63) is 53.6 Å². The summed E-state index contributed by atoms with van der Waals surface area (Å²) < 4.78 is 6.41. The highest BCUT2D eigenvalue weighted by Gasteiger charge is 2.12. The van der Waals surface area contributed by atoms with E-state index >= 15 is 0 Å². The van der Waals surface area contributed by atoms with Gasteiger partial charge in [0.25, 0.3) is 0 Å². The first-order valence-electron chi connectivity index (χ1n) is 6.61. The smallest absolute Gasteiger partial charge is 0.337 e. The molecule has 0 aliphatic carbocycles. The SMILES string of the molecule is COC(=O)c1ccc(C)c(-c2cn3c(C=O)cnc3cn2)c1. The summed E-state index contributed by atoms with van der Waals surface area (Å²) in [6.45, 7) is 1.93. The van der Waals surface area contributed by atoms with Crippen LogP contribution in [0.25, 0.3) is 16.9 Å². The molecule has 3 aromatic rings. The maximum Gasteiger partial charge on any atom is 0.337 e. The molecule has 0 bridgehead atoms. The topological polar surface area (TPSA) is 73.6 Å². The summed E-state index contributed by atoms with van der Waals surface area (Å²) in [5.74, 6) is -0.404. The Hall–Kier alpha value is -3.02. The molecule has 22 heavy (non-hydrogen) atoms. The molecule has 0 saturated carbocycles. The van der Waals surface area contributed by atoms with E-state index in [1.165, 1.54) is 13.3 Å². The molecule has 0 amide bonds. The number of carbonyl (C=O) groups is 2. The number of ether oxygens (including phenoxy) is 1. The zero-order valence-corrected chi connectivity index (χ0v) is 12.1. The monoisotopic (exact) mass is 295 g/mol. The molecule has 6 nitrogen and oxygen atoms in total. The molecule has 2 aromatic heterocycles. The van der Waals surface area contributed by atoms with Crippen LogP contribution < -0.4 is 0 Å². The zero-order valence-electron chi connectivity index (χ0n) is 12.1. The highest BCUT2D eigenvalue weighted by atomic mass is 16.5. The number of nitrogens with zero attached hydrogens (tertiary/aromatic N) is 3. The Labute approximate surface area is 126 Å². The van der Waals surface area contributed by atoms with Crippen LogP contribution in [-0.4, -0.2) is 33.7 Å². The number of aromatic nitrogens is 3. The summed E-state index contributed by atoms with van der Waals surface area (Å²) in [7, 11) is 1.34. The molecule has 0 saturated heterocycles. The normalized spacial score (nSPS) is 10.6. The fourth-order valence-electron chi connectivity index (χ4n) is 2.28. The van der Waals surface area contributed by atoms with Crippen molar-refractivity contribution in [2.75, 3.05) is 7.11 Å². The number of imidazole rings is 1. The minimum atomic E-state index is -0.404. The van der Waals surface area contributed by atoms with E-state index in [1.807, 2.05) is 13.0 Å². The van der Waals surface area contributed by atoms with Crippen LogP contribution >= 0.6 is 0 Å². The van der Waals surface area contributed by atoms with Gasteiger partial charge >= 0.3 is 5.97 Å². The number of fused-ring (bicyclic) bond motifs is 1. The van der Waals surface area contributed by atoms with Gasteiger partial charge in [-0.05, 0) is 24.6 Å². The molecule has 0 aliphatic heterocycles. The Balaban J connectivity index is 2.17. The number of carbonyl (C=O) groups excluding carboxylic acids is 2. The van der Waals surface area contributed by atoms with Crippen LogP contribution in [0, 0.1) is 6.92 Å². The van der Waals surface area contributed by atoms with Gasteiger partial charge in [-0.25, -0.2) is 9.78 Å². The predicted octanol–water partition coefficient (Wildman–Crippen LogP) is 2.30. The summed E-state index contributed by atoms with van der Waals surface area (Å²) in [4.78, 5) is 31.2. The van der Waals surface area contributed by atoms with E-state index in [9.17, 15) is 9.59 Å². The number of rotatable bonds is 3. The minimum absolute atomic E-state index is 0.404. The summed E-state index contributed by atoms with van der Waals surface area (Å²) in [5.41, 5.74) is 3.90. The van der Waals surface area contributed by atoms with Crippen molar-refractivity contribution in [3.8, 4) is 11.3 Å². The first-order chi connectivity index (χ1) is 10.6. The molecule has 3 rings (SSSR count). The van der Waals surface area contributed by atoms with Crippen LogP contribution in [0.3, 0.4) is 0 Å². The second-order valence-electron chi connectivity index (χ2n) is 4.82. The maximum absolute atomic E-state index is 11.7. The number of hydrogen-bond acceptors (Lipinski definition) is 5. The number of aldehydes is 1. The lowest BCUT2D eigenvalue weighted by Crippen LogP contribution is -2.02. The van der Waals surface area contributed by atoms with Gasteiger partial charge in [-0.15, -0.1) is 0 Å². The first-order valence-corrected chi connectivity index (χ1v) is 6.61. The van der Waals surface area contributed by atoms with E-state index in [2.05, 4.69) is 9.97 Å². The molecule has 2 heterocycles. The molecule has 0 atom stereocenters. The first kappa shape index (κ1) is 13.9. The summed E-state index contributed by atoms with van der Waals surface area (Å²) in [5, 5.41) is 0. The third-order valence-electron chi connectivity index (χ3n) is 3.48. The molecular formula is C16H13N3O3. The molecule has 0 unspecified atom stereocenters. The predicted molar refractivity (Wildman–Crippen MR) is 79.9 cm³/mol. The number of benzene rings is 1. The standard InChI is InChI=1S/C16H13N3O3/c1-10-3-4-11(16(21)22-2)5-13(10)14-8-19-12(9-20)6-18-15(19)7-17-14/h3-9H,1-2H3.